The Hall–Kier alpha value is -3.17. The van der Waals surface area contributed by atoms with Crippen molar-refractivity contribution < 1.29 is 22.7 Å². The number of rotatable bonds is 2. The molecule has 2 aromatic heterocycles. The highest BCUT2D eigenvalue weighted by atomic mass is 19.3. The number of fused-ring (bicyclic) bond motifs is 2. The molecule has 0 saturated carbocycles. The number of alkyl halides is 2. The third kappa shape index (κ3) is 3.39. The van der Waals surface area contributed by atoms with Crippen molar-refractivity contribution in [3.63, 3.8) is 0 Å². The zero-order valence-electron chi connectivity index (χ0n) is 16.8. The molecule has 1 amide bonds. The van der Waals surface area contributed by atoms with Crippen LogP contribution in [0.25, 0.3) is 5.78 Å². The van der Waals surface area contributed by atoms with Crippen LogP contribution >= 0.6 is 0 Å². The fourth-order valence-electron chi connectivity index (χ4n) is 4.46. The van der Waals surface area contributed by atoms with E-state index in [0.717, 1.165) is 0 Å². The van der Waals surface area contributed by atoms with Crippen LogP contribution in [-0.4, -0.2) is 49.0 Å². The minimum absolute atomic E-state index is 0.163. The zero-order valence-corrected chi connectivity index (χ0v) is 16.8. The van der Waals surface area contributed by atoms with Crippen LogP contribution in [0.15, 0.2) is 30.6 Å². The second-order valence-electron chi connectivity index (χ2n) is 7.99. The molecule has 1 aromatic carbocycles. The number of benzene rings is 1. The molecule has 0 radical (unpaired) electrons. The summed E-state index contributed by atoms with van der Waals surface area (Å²) in [4.78, 5) is 22.8. The summed E-state index contributed by atoms with van der Waals surface area (Å²) in [7, 11) is 0. The molecule has 10 heteroatoms. The maximum Gasteiger partial charge on any atom is 0.273 e. The normalized spacial score (nSPS) is 22.8. The van der Waals surface area contributed by atoms with E-state index in [0.29, 0.717) is 23.4 Å². The Morgan fingerprint density at radius 2 is 2.13 bits per heavy atom. The van der Waals surface area contributed by atoms with Crippen molar-refractivity contribution >= 4 is 11.7 Å². The van der Waals surface area contributed by atoms with Gasteiger partial charge in [0.25, 0.3) is 17.6 Å². The minimum Gasteiger partial charge on any atom is -0.480 e. The minimum atomic E-state index is -3.16. The zero-order chi connectivity index (χ0) is 21.8. The number of halogens is 3. The van der Waals surface area contributed by atoms with E-state index in [1.54, 1.807) is 6.92 Å². The molecule has 0 aliphatic carbocycles. The Morgan fingerprint density at radius 3 is 2.97 bits per heavy atom. The quantitative estimate of drug-likeness (QED) is 0.623. The molecule has 2 aliphatic rings. The number of aryl methyl sites for hydroxylation is 2. The number of carbonyl (C=O) groups excluding carboxylic acids is 1. The molecule has 3 aromatic rings. The number of piperidine rings is 1. The lowest BCUT2D eigenvalue weighted by Crippen LogP contribution is -2.53. The van der Waals surface area contributed by atoms with E-state index in [4.69, 9.17) is 4.74 Å². The summed E-state index contributed by atoms with van der Waals surface area (Å²) in [5, 5.41) is 4.05. The van der Waals surface area contributed by atoms with E-state index in [2.05, 4.69) is 15.1 Å². The molecule has 31 heavy (non-hydrogen) atoms. The Balaban J connectivity index is 1.52. The first-order valence-electron chi connectivity index (χ1n) is 10.1. The number of hydrogen-bond donors (Lipinski definition) is 0. The molecule has 5 rings (SSSR count). The molecular weight excluding hydrogens is 411 g/mol. The van der Waals surface area contributed by atoms with Gasteiger partial charge in [0.2, 0.25) is 0 Å². The molecule has 2 aliphatic heterocycles. The van der Waals surface area contributed by atoms with E-state index < -0.39 is 24.0 Å². The lowest BCUT2D eigenvalue weighted by atomic mass is 9.92. The highest BCUT2D eigenvalue weighted by Crippen LogP contribution is 2.44. The van der Waals surface area contributed by atoms with Crippen LogP contribution in [0.3, 0.4) is 0 Å². The highest BCUT2D eigenvalue weighted by molar-refractivity contribution is 5.82. The SMILES string of the molecule is Cc1cc(C2N(C(=O)C3CCc4cc(F)ccc4O3)CCCC2(F)F)n2ncnc2n1. The van der Waals surface area contributed by atoms with E-state index in [1.807, 2.05) is 0 Å². The maximum atomic E-state index is 15.2. The molecule has 0 N–H and O–H groups in total. The molecular formula is C21H20F3N5O2. The first-order valence-corrected chi connectivity index (χ1v) is 10.1. The number of ether oxygens (including phenoxy) is 1. The van der Waals surface area contributed by atoms with Gasteiger partial charge in [0.15, 0.2) is 6.10 Å². The first-order chi connectivity index (χ1) is 14.8. The van der Waals surface area contributed by atoms with Crippen LogP contribution in [-0.2, 0) is 11.2 Å². The molecule has 2 atom stereocenters. The van der Waals surface area contributed by atoms with Gasteiger partial charge in [-0.1, -0.05) is 0 Å². The van der Waals surface area contributed by atoms with Gasteiger partial charge >= 0.3 is 0 Å². The number of nitrogens with zero attached hydrogens (tertiary/aromatic N) is 5. The van der Waals surface area contributed by atoms with E-state index >= 15 is 8.78 Å². The fourth-order valence-corrected chi connectivity index (χ4v) is 4.46. The summed E-state index contributed by atoms with van der Waals surface area (Å²) >= 11 is 0. The van der Waals surface area contributed by atoms with Gasteiger partial charge in [0.05, 0.1) is 5.69 Å². The topological polar surface area (TPSA) is 72.6 Å². The van der Waals surface area contributed by atoms with Crippen molar-refractivity contribution in [1.82, 2.24) is 24.5 Å². The molecule has 2 unspecified atom stereocenters. The second kappa shape index (κ2) is 7.21. The summed E-state index contributed by atoms with van der Waals surface area (Å²) in [6.45, 7) is 1.86. The smallest absolute Gasteiger partial charge is 0.273 e. The largest absolute Gasteiger partial charge is 0.480 e. The first kappa shape index (κ1) is 19.8. The van der Waals surface area contributed by atoms with Gasteiger partial charge in [-0.2, -0.15) is 14.6 Å². The molecule has 162 valence electrons. The van der Waals surface area contributed by atoms with Crippen molar-refractivity contribution in [2.45, 2.75) is 50.7 Å². The molecule has 1 fully saturated rings. The van der Waals surface area contributed by atoms with Gasteiger partial charge in [0.1, 0.15) is 23.9 Å². The van der Waals surface area contributed by atoms with Gasteiger partial charge in [-0.05, 0) is 56.0 Å². The summed E-state index contributed by atoms with van der Waals surface area (Å²) < 4.78 is 51.0. The third-order valence-electron chi connectivity index (χ3n) is 5.83. The maximum absolute atomic E-state index is 15.2. The number of likely N-dealkylation sites (tertiary alicyclic amines) is 1. The van der Waals surface area contributed by atoms with Crippen LogP contribution in [0.2, 0.25) is 0 Å². The van der Waals surface area contributed by atoms with Crippen LogP contribution in [0.1, 0.15) is 42.3 Å². The van der Waals surface area contributed by atoms with Gasteiger partial charge < -0.3 is 9.64 Å². The van der Waals surface area contributed by atoms with E-state index in [1.165, 1.54) is 40.0 Å². The number of amides is 1. The van der Waals surface area contributed by atoms with Crippen molar-refractivity contribution in [1.29, 1.82) is 0 Å². The van der Waals surface area contributed by atoms with Gasteiger partial charge in [-0.15, -0.1) is 0 Å². The highest BCUT2D eigenvalue weighted by Gasteiger charge is 2.51. The van der Waals surface area contributed by atoms with Crippen LogP contribution in [0.4, 0.5) is 13.2 Å². The molecule has 7 nitrogen and oxygen atoms in total. The number of carbonyl (C=O) groups is 1. The van der Waals surface area contributed by atoms with Crippen molar-refractivity contribution in [2.24, 2.45) is 0 Å². The van der Waals surface area contributed by atoms with Gasteiger partial charge in [-0.25, -0.2) is 18.2 Å². The van der Waals surface area contributed by atoms with E-state index in [9.17, 15) is 9.18 Å². The van der Waals surface area contributed by atoms with Crippen molar-refractivity contribution in [3.8, 4) is 5.75 Å². The molecule has 0 bridgehead atoms. The standard InChI is InChI=1S/C21H20F3N5O2/c1-12-9-15(29-20(27-12)25-11-26-29)18-21(23,24)7-2-8-28(18)19(30)17-5-3-13-10-14(22)4-6-16(13)31-17/h4,6,9-11,17-18H,2-3,5,7-8H2,1H3. The lowest BCUT2D eigenvalue weighted by molar-refractivity contribution is -0.163. The Kier molecular flexibility index (Phi) is 4.60. The Labute approximate surface area is 175 Å². The average molecular weight is 431 g/mol. The van der Waals surface area contributed by atoms with Gasteiger partial charge in [0, 0.05) is 18.7 Å². The summed E-state index contributed by atoms with van der Waals surface area (Å²) in [6, 6.07) is 4.10. The predicted octanol–water partition coefficient (Wildman–Crippen LogP) is 3.26. The number of aromatic nitrogens is 4. The average Bonchev–Trinajstić information content (AvgIpc) is 3.20. The van der Waals surface area contributed by atoms with Crippen LogP contribution in [0.5, 0.6) is 5.75 Å². The van der Waals surface area contributed by atoms with E-state index in [-0.39, 0.29) is 43.1 Å². The molecule has 4 heterocycles. The second-order valence-corrected chi connectivity index (χ2v) is 7.99. The van der Waals surface area contributed by atoms with Crippen molar-refractivity contribution in [3.05, 3.63) is 53.4 Å². The van der Waals surface area contributed by atoms with Crippen LogP contribution in [0, 0.1) is 12.7 Å². The Morgan fingerprint density at radius 1 is 1.29 bits per heavy atom. The summed E-state index contributed by atoms with van der Waals surface area (Å²) in [5.74, 6) is -3.44. The monoisotopic (exact) mass is 431 g/mol. The summed E-state index contributed by atoms with van der Waals surface area (Å²) in [6.07, 6.45) is 0.890. The van der Waals surface area contributed by atoms with Crippen LogP contribution < -0.4 is 4.74 Å². The lowest BCUT2D eigenvalue weighted by Gasteiger charge is -2.42. The molecule has 1 saturated heterocycles. The third-order valence-corrected chi connectivity index (χ3v) is 5.83. The summed E-state index contributed by atoms with van der Waals surface area (Å²) in [5.41, 5.74) is 1.34. The predicted molar refractivity (Wildman–Crippen MR) is 103 cm³/mol. The Bertz CT molecular complexity index is 1170. The number of hydrogen-bond acceptors (Lipinski definition) is 5. The molecule has 0 spiro atoms. The fraction of sp³-hybridized carbons (Fsp3) is 0.429. The van der Waals surface area contributed by atoms with Gasteiger partial charge in [-0.3, -0.25) is 4.79 Å². The van der Waals surface area contributed by atoms with Crippen molar-refractivity contribution in [2.75, 3.05) is 6.54 Å².